The molecule has 0 saturated carbocycles. The minimum Gasteiger partial charge on any atom is -0.367 e. The monoisotopic (exact) mass is 410 g/mol. The molecule has 4 aromatic rings. The summed E-state index contributed by atoms with van der Waals surface area (Å²) < 4.78 is 1.55. The smallest absolute Gasteiger partial charge is 0.251 e. The van der Waals surface area contributed by atoms with E-state index in [4.69, 9.17) is 0 Å². The molecule has 0 radical (unpaired) electrons. The second kappa shape index (κ2) is 8.39. The number of anilines is 1. The van der Waals surface area contributed by atoms with Crippen LogP contribution in [-0.2, 0) is 19.5 Å². The lowest BCUT2D eigenvalue weighted by Gasteiger charge is -2.19. The van der Waals surface area contributed by atoms with Gasteiger partial charge in [0.05, 0.1) is 5.69 Å². The second-order valence-corrected chi connectivity index (χ2v) is 7.60. The first-order valence-electron chi connectivity index (χ1n) is 10.3. The standard InChI is InChI=1S/C24H22N6O/c31-24(21-9-11-22(12-10-21)30-17-26-27-28-30)25-15-18-5-7-19(8-6-18)16-29-14-13-20-3-1-2-4-23(20)29/h1-12,17H,13-16H2,(H,25,31). The van der Waals surface area contributed by atoms with E-state index < -0.39 is 0 Å². The molecule has 0 unspecified atom stereocenters. The van der Waals surface area contributed by atoms with Crippen LogP contribution in [0.4, 0.5) is 5.69 Å². The zero-order valence-electron chi connectivity index (χ0n) is 17.0. The number of nitrogens with one attached hydrogen (secondary N) is 1. The Labute approximate surface area is 180 Å². The summed E-state index contributed by atoms with van der Waals surface area (Å²) in [7, 11) is 0. The Balaban J connectivity index is 1.16. The molecule has 0 atom stereocenters. The van der Waals surface area contributed by atoms with Crippen LogP contribution in [-0.4, -0.2) is 32.7 Å². The Bertz CT molecular complexity index is 1170. The van der Waals surface area contributed by atoms with Gasteiger partial charge in [0.15, 0.2) is 0 Å². The first-order valence-corrected chi connectivity index (χ1v) is 10.3. The summed E-state index contributed by atoms with van der Waals surface area (Å²) >= 11 is 0. The molecule has 0 spiro atoms. The van der Waals surface area contributed by atoms with Crippen molar-refractivity contribution < 1.29 is 4.79 Å². The number of benzene rings is 3. The molecule has 0 fully saturated rings. The van der Waals surface area contributed by atoms with Crippen molar-refractivity contribution in [2.45, 2.75) is 19.5 Å². The van der Waals surface area contributed by atoms with E-state index >= 15 is 0 Å². The van der Waals surface area contributed by atoms with E-state index in [2.05, 4.69) is 74.3 Å². The quantitative estimate of drug-likeness (QED) is 0.528. The van der Waals surface area contributed by atoms with Crippen LogP contribution >= 0.6 is 0 Å². The van der Waals surface area contributed by atoms with E-state index in [9.17, 15) is 4.79 Å². The highest BCUT2D eigenvalue weighted by molar-refractivity contribution is 5.94. The minimum absolute atomic E-state index is 0.110. The fourth-order valence-electron chi connectivity index (χ4n) is 3.88. The van der Waals surface area contributed by atoms with Gasteiger partial charge >= 0.3 is 0 Å². The van der Waals surface area contributed by atoms with Crippen molar-refractivity contribution in [3.8, 4) is 5.69 Å². The summed E-state index contributed by atoms with van der Waals surface area (Å²) in [5, 5.41) is 14.0. The van der Waals surface area contributed by atoms with E-state index in [1.807, 2.05) is 12.1 Å². The maximum atomic E-state index is 12.5. The van der Waals surface area contributed by atoms with Gasteiger partial charge in [0.25, 0.3) is 5.91 Å². The predicted molar refractivity (Wildman–Crippen MR) is 118 cm³/mol. The highest BCUT2D eigenvalue weighted by Crippen LogP contribution is 2.28. The number of rotatable bonds is 6. The van der Waals surface area contributed by atoms with Gasteiger partial charge in [-0.1, -0.05) is 42.5 Å². The maximum Gasteiger partial charge on any atom is 0.251 e. The highest BCUT2D eigenvalue weighted by Gasteiger charge is 2.18. The minimum atomic E-state index is -0.110. The number of fused-ring (bicyclic) bond motifs is 1. The molecular weight excluding hydrogens is 388 g/mol. The average molecular weight is 410 g/mol. The van der Waals surface area contributed by atoms with Crippen molar-refractivity contribution in [1.29, 1.82) is 0 Å². The Hall–Kier alpha value is -4.00. The van der Waals surface area contributed by atoms with Crippen LogP contribution in [0.1, 0.15) is 27.0 Å². The third-order valence-electron chi connectivity index (χ3n) is 5.58. The first-order chi connectivity index (χ1) is 15.3. The molecule has 0 saturated heterocycles. The van der Waals surface area contributed by atoms with Crippen LogP contribution in [0.2, 0.25) is 0 Å². The SMILES string of the molecule is O=C(NCc1ccc(CN2CCc3ccccc32)cc1)c1ccc(-n2cnnn2)cc1. The van der Waals surface area contributed by atoms with Crippen LogP contribution in [0.5, 0.6) is 0 Å². The lowest BCUT2D eigenvalue weighted by Crippen LogP contribution is -2.23. The third-order valence-corrected chi connectivity index (χ3v) is 5.58. The second-order valence-electron chi connectivity index (χ2n) is 7.60. The van der Waals surface area contributed by atoms with Gasteiger partial charge in [-0.05, 0) is 63.9 Å². The fourth-order valence-corrected chi connectivity index (χ4v) is 3.88. The number of para-hydroxylation sites is 1. The van der Waals surface area contributed by atoms with Crippen LogP contribution in [0.25, 0.3) is 5.69 Å². The van der Waals surface area contributed by atoms with Gasteiger partial charge in [-0.25, -0.2) is 4.68 Å². The van der Waals surface area contributed by atoms with Crippen molar-refractivity contribution in [1.82, 2.24) is 25.5 Å². The lowest BCUT2D eigenvalue weighted by molar-refractivity contribution is 0.0951. The molecule has 1 aromatic heterocycles. The number of hydrogen-bond donors (Lipinski definition) is 1. The molecule has 2 heterocycles. The topological polar surface area (TPSA) is 75.9 Å². The van der Waals surface area contributed by atoms with E-state index in [0.29, 0.717) is 12.1 Å². The lowest BCUT2D eigenvalue weighted by atomic mass is 10.1. The molecule has 1 aliphatic rings. The Morgan fingerprint density at radius 3 is 2.48 bits per heavy atom. The van der Waals surface area contributed by atoms with Gasteiger partial charge < -0.3 is 10.2 Å². The van der Waals surface area contributed by atoms with Crippen molar-refractivity contribution in [3.63, 3.8) is 0 Å². The Kier molecular flexibility index (Phi) is 5.14. The van der Waals surface area contributed by atoms with Gasteiger partial charge in [0, 0.05) is 30.9 Å². The summed E-state index contributed by atoms with van der Waals surface area (Å²) in [5.41, 5.74) is 6.51. The number of carbonyl (C=O) groups excluding carboxylic acids is 1. The third kappa shape index (κ3) is 4.16. The van der Waals surface area contributed by atoms with Crippen molar-refractivity contribution in [3.05, 3.63) is 101 Å². The summed E-state index contributed by atoms with van der Waals surface area (Å²) in [6.07, 6.45) is 2.62. The Morgan fingerprint density at radius 1 is 0.935 bits per heavy atom. The molecule has 1 amide bonds. The molecule has 3 aromatic carbocycles. The molecule has 7 heteroatoms. The van der Waals surface area contributed by atoms with Crippen molar-refractivity contribution in [2.24, 2.45) is 0 Å². The van der Waals surface area contributed by atoms with E-state index in [-0.39, 0.29) is 5.91 Å². The van der Waals surface area contributed by atoms with E-state index in [1.54, 1.807) is 16.8 Å². The first kappa shape index (κ1) is 19.0. The fraction of sp³-hybridized carbons (Fsp3) is 0.167. The summed E-state index contributed by atoms with van der Waals surface area (Å²) in [6, 6.07) is 24.2. The van der Waals surface area contributed by atoms with Gasteiger partial charge in [-0.15, -0.1) is 5.10 Å². The van der Waals surface area contributed by atoms with E-state index in [0.717, 1.165) is 30.8 Å². The average Bonchev–Trinajstić information content (AvgIpc) is 3.49. The largest absolute Gasteiger partial charge is 0.367 e. The summed E-state index contributed by atoms with van der Waals surface area (Å²) in [4.78, 5) is 14.9. The number of nitrogens with zero attached hydrogens (tertiary/aromatic N) is 5. The molecule has 0 bridgehead atoms. The molecule has 1 N–H and O–H groups in total. The normalized spacial score (nSPS) is 12.6. The molecular formula is C24H22N6O. The van der Waals surface area contributed by atoms with Crippen molar-refractivity contribution >= 4 is 11.6 Å². The number of aromatic nitrogens is 4. The number of tetrazole rings is 1. The van der Waals surface area contributed by atoms with Crippen LogP contribution in [0, 0.1) is 0 Å². The van der Waals surface area contributed by atoms with Gasteiger partial charge in [-0.2, -0.15) is 0 Å². The maximum absolute atomic E-state index is 12.5. The number of amides is 1. The van der Waals surface area contributed by atoms with Gasteiger partial charge in [0.1, 0.15) is 6.33 Å². The molecule has 31 heavy (non-hydrogen) atoms. The van der Waals surface area contributed by atoms with Gasteiger partial charge in [-0.3, -0.25) is 4.79 Å². The van der Waals surface area contributed by atoms with Crippen LogP contribution in [0.3, 0.4) is 0 Å². The highest BCUT2D eigenvalue weighted by atomic mass is 16.1. The molecule has 7 nitrogen and oxygen atoms in total. The van der Waals surface area contributed by atoms with E-state index in [1.165, 1.54) is 23.1 Å². The van der Waals surface area contributed by atoms with Crippen LogP contribution in [0.15, 0.2) is 79.1 Å². The molecule has 1 aliphatic heterocycles. The summed E-state index contributed by atoms with van der Waals surface area (Å²) in [5.74, 6) is -0.110. The van der Waals surface area contributed by atoms with Gasteiger partial charge in [0.2, 0.25) is 0 Å². The molecule has 0 aliphatic carbocycles. The summed E-state index contributed by atoms with van der Waals surface area (Å²) in [6.45, 7) is 2.45. The van der Waals surface area contributed by atoms with Crippen molar-refractivity contribution in [2.75, 3.05) is 11.4 Å². The molecule has 154 valence electrons. The zero-order valence-corrected chi connectivity index (χ0v) is 17.0. The predicted octanol–water partition coefficient (Wildman–Crippen LogP) is 3.16. The number of carbonyl (C=O) groups is 1. The Morgan fingerprint density at radius 2 is 1.71 bits per heavy atom. The van der Waals surface area contributed by atoms with Crippen LogP contribution < -0.4 is 10.2 Å². The molecule has 5 rings (SSSR count). The number of hydrogen-bond acceptors (Lipinski definition) is 5. The zero-order chi connectivity index (χ0) is 21.0.